The molecule has 0 aliphatic carbocycles. The van der Waals surface area contributed by atoms with Crippen LogP contribution in [0.25, 0.3) is 17.2 Å². The lowest BCUT2D eigenvalue weighted by molar-refractivity contribution is 0.0696. The third-order valence-electron chi connectivity index (χ3n) is 3.76. The van der Waals surface area contributed by atoms with E-state index in [2.05, 4.69) is 15.1 Å². The minimum absolute atomic E-state index is 0.105. The van der Waals surface area contributed by atoms with Crippen molar-refractivity contribution < 1.29 is 19.4 Å². The second kappa shape index (κ2) is 6.60. The van der Waals surface area contributed by atoms with Crippen molar-refractivity contribution in [3.05, 3.63) is 47.9 Å². The van der Waals surface area contributed by atoms with Crippen LogP contribution in [0.3, 0.4) is 0 Å². The number of hydrogen-bond donors (Lipinski definition) is 1. The zero-order valence-electron chi connectivity index (χ0n) is 13.9. The normalized spacial score (nSPS) is 10.5. The number of ether oxygens (including phenoxy) is 2. The highest BCUT2D eigenvalue weighted by Gasteiger charge is 2.16. The van der Waals surface area contributed by atoms with Gasteiger partial charge < -0.3 is 14.6 Å². The van der Waals surface area contributed by atoms with Crippen molar-refractivity contribution in [2.45, 2.75) is 6.92 Å². The van der Waals surface area contributed by atoms with E-state index < -0.39 is 5.97 Å². The summed E-state index contributed by atoms with van der Waals surface area (Å²) in [6, 6.07) is 7.13. The summed E-state index contributed by atoms with van der Waals surface area (Å²) in [6.45, 7) is 1.65. The van der Waals surface area contributed by atoms with E-state index in [0.29, 0.717) is 22.9 Å². The van der Waals surface area contributed by atoms with Crippen molar-refractivity contribution in [1.82, 2.24) is 19.7 Å². The highest BCUT2D eigenvalue weighted by molar-refractivity contribution is 5.88. The summed E-state index contributed by atoms with van der Waals surface area (Å²) in [7, 11) is 3.15. The van der Waals surface area contributed by atoms with Crippen LogP contribution >= 0.6 is 0 Å². The van der Waals surface area contributed by atoms with Gasteiger partial charge in [-0.05, 0) is 31.2 Å². The number of hydrogen-bond acceptors (Lipinski definition) is 6. The van der Waals surface area contributed by atoms with E-state index in [9.17, 15) is 4.79 Å². The molecule has 0 spiro atoms. The summed E-state index contributed by atoms with van der Waals surface area (Å²) in [4.78, 5) is 19.9. The molecule has 0 aliphatic rings. The average molecular weight is 340 g/mol. The molecule has 3 aromatic rings. The molecule has 0 aliphatic heterocycles. The van der Waals surface area contributed by atoms with Crippen LogP contribution in [0, 0.1) is 6.92 Å². The number of methoxy groups -OCH3 is 2. The largest absolute Gasteiger partial charge is 0.497 e. The zero-order chi connectivity index (χ0) is 18.0. The first-order valence-corrected chi connectivity index (χ1v) is 7.39. The maximum atomic E-state index is 11.2. The first kappa shape index (κ1) is 16.4. The van der Waals surface area contributed by atoms with Crippen LogP contribution in [0.15, 0.2) is 36.7 Å². The predicted octanol–water partition coefficient (Wildman–Crippen LogP) is 2.35. The lowest BCUT2D eigenvalue weighted by Gasteiger charge is -2.11. The summed E-state index contributed by atoms with van der Waals surface area (Å²) in [5.74, 6) is 0.523. The Balaban J connectivity index is 2.10. The number of nitrogens with zero attached hydrogens (tertiary/aromatic N) is 4. The minimum Gasteiger partial charge on any atom is -0.497 e. The number of aromatic nitrogens is 4. The van der Waals surface area contributed by atoms with Crippen LogP contribution in [-0.2, 0) is 0 Å². The number of carboxylic acid groups (broad SMARTS) is 1. The second-order valence-electron chi connectivity index (χ2n) is 5.17. The van der Waals surface area contributed by atoms with E-state index >= 15 is 0 Å². The van der Waals surface area contributed by atoms with Gasteiger partial charge in [-0.1, -0.05) is 0 Å². The van der Waals surface area contributed by atoms with Crippen molar-refractivity contribution in [2.24, 2.45) is 0 Å². The van der Waals surface area contributed by atoms with Gasteiger partial charge in [0.25, 0.3) is 5.95 Å². The minimum atomic E-state index is -1.05. The molecule has 0 fully saturated rings. The zero-order valence-corrected chi connectivity index (χ0v) is 13.9. The van der Waals surface area contributed by atoms with Gasteiger partial charge in [0.15, 0.2) is 0 Å². The lowest BCUT2D eigenvalue weighted by Crippen LogP contribution is -2.07. The van der Waals surface area contributed by atoms with Crippen LogP contribution in [0.2, 0.25) is 0 Å². The molecule has 0 saturated carbocycles. The molecule has 0 saturated heterocycles. The van der Waals surface area contributed by atoms with E-state index in [4.69, 9.17) is 14.6 Å². The van der Waals surface area contributed by atoms with Crippen molar-refractivity contribution in [1.29, 1.82) is 0 Å². The summed E-state index contributed by atoms with van der Waals surface area (Å²) >= 11 is 0. The third-order valence-corrected chi connectivity index (χ3v) is 3.76. The van der Waals surface area contributed by atoms with Crippen molar-refractivity contribution in [2.75, 3.05) is 14.2 Å². The van der Waals surface area contributed by atoms with Crippen LogP contribution in [0.5, 0.6) is 11.5 Å². The molecule has 0 atom stereocenters. The van der Waals surface area contributed by atoms with Gasteiger partial charge in [-0.25, -0.2) is 19.4 Å². The number of carboxylic acids is 1. The van der Waals surface area contributed by atoms with Crippen LogP contribution in [0.1, 0.15) is 16.1 Å². The fourth-order valence-electron chi connectivity index (χ4n) is 2.44. The highest BCUT2D eigenvalue weighted by Crippen LogP contribution is 2.32. The van der Waals surface area contributed by atoms with Gasteiger partial charge in [0.05, 0.1) is 31.8 Å². The Morgan fingerprint density at radius 3 is 2.64 bits per heavy atom. The standard InChI is InChI=1S/C17H16N4O4/c1-10-13(16(22)23)9-19-21(10)17-18-7-6-14(20-17)12-8-11(24-2)4-5-15(12)25-3/h4-9H,1-3H3,(H,22,23). The molecule has 0 amide bonds. The highest BCUT2D eigenvalue weighted by atomic mass is 16.5. The Hall–Kier alpha value is -3.42. The van der Waals surface area contributed by atoms with Gasteiger partial charge in [-0.15, -0.1) is 0 Å². The Morgan fingerprint density at radius 1 is 1.20 bits per heavy atom. The van der Waals surface area contributed by atoms with E-state index in [1.54, 1.807) is 45.5 Å². The molecule has 8 heteroatoms. The summed E-state index contributed by atoms with van der Waals surface area (Å²) in [5.41, 5.74) is 1.89. The average Bonchev–Trinajstić information content (AvgIpc) is 3.03. The molecule has 2 aromatic heterocycles. The second-order valence-corrected chi connectivity index (χ2v) is 5.17. The molecular formula is C17H16N4O4. The lowest BCUT2D eigenvalue weighted by atomic mass is 10.1. The van der Waals surface area contributed by atoms with Crippen LogP contribution in [0.4, 0.5) is 0 Å². The SMILES string of the molecule is COc1ccc(OC)c(-c2ccnc(-n3ncc(C(=O)O)c3C)n2)c1. The monoisotopic (exact) mass is 340 g/mol. The van der Waals surface area contributed by atoms with Gasteiger partial charge in [0.1, 0.15) is 17.1 Å². The van der Waals surface area contributed by atoms with Crippen molar-refractivity contribution >= 4 is 5.97 Å². The Bertz CT molecular complexity index is 936. The maximum absolute atomic E-state index is 11.2. The first-order chi connectivity index (χ1) is 12.0. The van der Waals surface area contributed by atoms with Gasteiger partial charge in [-0.3, -0.25) is 0 Å². The maximum Gasteiger partial charge on any atom is 0.339 e. The van der Waals surface area contributed by atoms with Crippen LogP contribution < -0.4 is 9.47 Å². The molecule has 128 valence electrons. The van der Waals surface area contributed by atoms with Gasteiger partial charge in [0, 0.05) is 11.8 Å². The molecule has 2 heterocycles. The smallest absolute Gasteiger partial charge is 0.339 e. The molecule has 0 unspecified atom stereocenters. The summed E-state index contributed by atoms with van der Waals surface area (Å²) in [5, 5.41) is 13.2. The number of aromatic carboxylic acids is 1. The van der Waals surface area contributed by atoms with E-state index in [-0.39, 0.29) is 11.5 Å². The van der Waals surface area contributed by atoms with Crippen molar-refractivity contribution in [3.63, 3.8) is 0 Å². The van der Waals surface area contributed by atoms with Crippen molar-refractivity contribution in [3.8, 4) is 28.7 Å². The molecule has 1 N–H and O–H groups in total. The van der Waals surface area contributed by atoms with Crippen LogP contribution in [-0.4, -0.2) is 45.0 Å². The fraction of sp³-hybridized carbons (Fsp3) is 0.176. The topological polar surface area (TPSA) is 99.4 Å². The molecular weight excluding hydrogens is 324 g/mol. The summed E-state index contributed by atoms with van der Waals surface area (Å²) < 4.78 is 12.0. The number of benzene rings is 1. The number of carbonyl (C=O) groups is 1. The quantitative estimate of drug-likeness (QED) is 0.761. The van der Waals surface area contributed by atoms with Gasteiger partial charge in [0.2, 0.25) is 0 Å². The van der Waals surface area contributed by atoms with Gasteiger partial charge in [-0.2, -0.15) is 5.10 Å². The van der Waals surface area contributed by atoms with E-state index in [1.807, 2.05) is 6.07 Å². The third kappa shape index (κ3) is 3.01. The Kier molecular flexibility index (Phi) is 4.34. The Labute approximate surface area is 143 Å². The molecule has 3 rings (SSSR count). The Morgan fingerprint density at radius 2 is 2.00 bits per heavy atom. The molecule has 25 heavy (non-hydrogen) atoms. The molecule has 8 nitrogen and oxygen atoms in total. The molecule has 0 bridgehead atoms. The van der Waals surface area contributed by atoms with E-state index in [1.165, 1.54) is 10.9 Å². The first-order valence-electron chi connectivity index (χ1n) is 7.39. The van der Waals surface area contributed by atoms with Gasteiger partial charge >= 0.3 is 5.97 Å². The summed E-state index contributed by atoms with van der Waals surface area (Å²) in [6.07, 6.45) is 2.86. The molecule has 0 radical (unpaired) electrons. The predicted molar refractivity (Wildman–Crippen MR) is 89.4 cm³/mol. The number of rotatable bonds is 5. The molecule has 1 aromatic carbocycles. The van der Waals surface area contributed by atoms with E-state index in [0.717, 1.165) is 5.56 Å². The fourth-order valence-corrected chi connectivity index (χ4v) is 2.44.